The van der Waals surface area contributed by atoms with E-state index in [0.29, 0.717) is 18.4 Å². The molecule has 3 aliphatic rings. The maximum Gasteiger partial charge on any atom is 0.220 e. The fraction of sp³-hybridized carbons (Fsp3) is 0.941. The topological polar surface area (TPSA) is 43.2 Å². The lowest BCUT2D eigenvalue weighted by Gasteiger charge is -2.29. The molecule has 0 aromatic heterocycles. The molecule has 5 atom stereocenters. The molecule has 1 radical (unpaired) electrons. The number of nitrogens with one attached hydrogen (secondary N) is 1. The van der Waals surface area contributed by atoms with E-state index in [9.17, 15) is 4.79 Å². The number of fused-ring (bicyclic) bond motifs is 2. The van der Waals surface area contributed by atoms with E-state index in [1.165, 1.54) is 38.5 Å². The number of nitrogens with zero attached hydrogens (tertiary/aromatic N) is 1. The van der Waals surface area contributed by atoms with Crippen molar-refractivity contribution < 1.29 is 4.79 Å². The second-order valence-electron chi connectivity index (χ2n) is 7.37. The first-order valence-corrected chi connectivity index (χ1v) is 8.65. The molecule has 0 aromatic carbocycles. The molecule has 3 nitrogen and oxygen atoms in total. The van der Waals surface area contributed by atoms with Gasteiger partial charge in [-0.2, -0.15) is 0 Å². The normalized spacial score (nSPS) is 37.9. The third kappa shape index (κ3) is 3.36. The Morgan fingerprint density at radius 1 is 1.30 bits per heavy atom. The Kier molecular flexibility index (Phi) is 4.65. The van der Waals surface area contributed by atoms with Crippen LogP contribution in [0.3, 0.4) is 0 Å². The molecule has 3 fully saturated rings. The van der Waals surface area contributed by atoms with Crippen molar-refractivity contribution in [3.05, 3.63) is 0 Å². The zero-order valence-electron chi connectivity index (χ0n) is 12.8. The lowest BCUT2D eigenvalue weighted by atomic mass is 9.84. The molecule has 2 bridgehead atoms. The third-order valence-electron chi connectivity index (χ3n) is 5.92. The van der Waals surface area contributed by atoms with Crippen LogP contribution >= 0.6 is 0 Å². The van der Waals surface area contributed by atoms with E-state index >= 15 is 0 Å². The number of amides is 1. The first kappa shape index (κ1) is 14.4. The van der Waals surface area contributed by atoms with Gasteiger partial charge in [-0.25, -0.2) is 5.32 Å². The van der Waals surface area contributed by atoms with Crippen molar-refractivity contribution >= 4 is 5.91 Å². The van der Waals surface area contributed by atoms with Gasteiger partial charge in [-0.15, -0.1) is 0 Å². The minimum Gasteiger partial charge on any atom is -0.353 e. The van der Waals surface area contributed by atoms with Crippen molar-refractivity contribution in [1.82, 2.24) is 10.6 Å². The van der Waals surface area contributed by atoms with Gasteiger partial charge in [0.05, 0.1) is 0 Å². The smallest absolute Gasteiger partial charge is 0.220 e. The fourth-order valence-corrected chi connectivity index (χ4v) is 4.77. The van der Waals surface area contributed by atoms with Crippen LogP contribution in [0, 0.1) is 23.7 Å². The van der Waals surface area contributed by atoms with Crippen LogP contribution < -0.4 is 10.6 Å². The molecule has 3 heteroatoms. The summed E-state index contributed by atoms with van der Waals surface area (Å²) in [5.41, 5.74) is 0. The van der Waals surface area contributed by atoms with Crippen molar-refractivity contribution in [1.29, 1.82) is 0 Å². The Morgan fingerprint density at radius 3 is 2.85 bits per heavy atom. The van der Waals surface area contributed by atoms with Crippen molar-refractivity contribution in [2.45, 2.75) is 64.3 Å². The quantitative estimate of drug-likeness (QED) is 0.825. The molecular formula is C17H29N2O. The molecular weight excluding hydrogens is 248 g/mol. The first-order chi connectivity index (χ1) is 9.72. The molecule has 2 aliphatic carbocycles. The number of carbonyl (C=O) groups excluding carboxylic acids is 1. The van der Waals surface area contributed by atoms with Gasteiger partial charge in [-0.05, 0) is 69.1 Å². The van der Waals surface area contributed by atoms with E-state index in [-0.39, 0.29) is 5.91 Å². The molecule has 20 heavy (non-hydrogen) atoms. The van der Waals surface area contributed by atoms with Crippen LogP contribution in [0.1, 0.15) is 58.3 Å². The summed E-state index contributed by atoms with van der Waals surface area (Å²) >= 11 is 0. The van der Waals surface area contributed by atoms with Crippen LogP contribution in [-0.2, 0) is 4.79 Å². The van der Waals surface area contributed by atoms with Crippen LogP contribution in [0.25, 0.3) is 0 Å². The zero-order valence-corrected chi connectivity index (χ0v) is 12.8. The summed E-state index contributed by atoms with van der Waals surface area (Å²) in [6.07, 6.45) is 9.82. The molecule has 2 saturated carbocycles. The van der Waals surface area contributed by atoms with Crippen molar-refractivity contribution in [2.24, 2.45) is 23.7 Å². The average molecular weight is 277 g/mol. The van der Waals surface area contributed by atoms with Gasteiger partial charge in [-0.3, -0.25) is 4.79 Å². The Bertz CT molecular complexity index is 338. The number of hydrogen-bond acceptors (Lipinski definition) is 1. The van der Waals surface area contributed by atoms with E-state index in [4.69, 9.17) is 0 Å². The van der Waals surface area contributed by atoms with Gasteiger partial charge in [-0.1, -0.05) is 6.42 Å². The minimum atomic E-state index is 0.269. The summed E-state index contributed by atoms with van der Waals surface area (Å²) in [6.45, 7) is 4.23. The van der Waals surface area contributed by atoms with E-state index in [1.807, 2.05) is 0 Å². The highest BCUT2D eigenvalue weighted by atomic mass is 16.1. The van der Waals surface area contributed by atoms with Gasteiger partial charge in [0.1, 0.15) is 0 Å². The molecule has 113 valence electrons. The molecule has 1 aliphatic heterocycles. The second-order valence-corrected chi connectivity index (χ2v) is 7.37. The summed E-state index contributed by atoms with van der Waals surface area (Å²) in [5, 5.41) is 7.73. The molecule has 1 heterocycles. The zero-order chi connectivity index (χ0) is 13.9. The molecule has 0 spiro atoms. The van der Waals surface area contributed by atoms with Crippen LogP contribution in [0.4, 0.5) is 0 Å². The van der Waals surface area contributed by atoms with Crippen LogP contribution in [0.15, 0.2) is 0 Å². The predicted molar refractivity (Wildman–Crippen MR) is 80.4 cm³/mol. The highest BCUT2D eigenvalue weighted by Gasteiger charge is 2.42. The van der Waals surface area contributed by atoms with E-state index in [0.717, 1.165) is 37.3 Å². The molecule has 1 N–H and O–H groups in total. The largest absolute Gasteiger partial charge is 0.353 e. The maximum absolute atomic E-state index is 12.1. The van der Waals surface area contributed by atoms with Gasteiger partial charge in [0.25, 0.3) is 0 Å². The number of rotatable bonds is 5. The summed E-state index contributed by atoms with van der Waals surface area (Å²) in [4.78, 5) is 12.1. The van der Waals surface area contributed by atoms with Gasteiger partial charge in [0.2, 0.25) is 5.91 Å². The van der Waals surface area contributed by atoms with Crippen LogP contribution in [0.5, 0.6) is 0 Å². The number of piperidine rings is 1. The Morgan fingerprint density at radius 2 is 2.20 bits per heavy atom. The van der Waals surface area contributed by atoms with E-state index in [1.54, 1.807) is 0 Å². The fourth-order valence-electron chi connectivity index (χ4n) is 4.77. The third-order valence-corrected chi connectivity index (χ3v) is 5.92. The van der Waals surface area contributed by atoms with E-state index in [2.05, 4.69) is 17.6 Å². The summed E-state index contributed by atoms with van der Waals surface area (Å²) in [6, 6.07) is 0.383. The standard InChI is InChI=1S/C17H29N2O/c1-12(16-10-14-4-6-15(16)9-14)19-17(20)7-5-13-3-2-8-18-11-13/h12-16H,2-11H2,1H3,(H,19,20). The summed E-state index contributed by atoms with van der Waals surface area (Å²) in [5.74, 6) is 3.54. The van der Waals surface area contributed by atoms with E-state index < -0.39 is 0 Å². The van der Waals surface area contributed by atoms with Gasteiger partial charge in [0.15, 0.2) is 0 Å². The first-order valence-electron chi connectivity index (χ1n) is 8.65. The summed E-state index contributed by atoms with van der Waals surface area (Å²) in [7, 11) is 0. The van der Waals surface area contributed by atoms with Gasteiger partial charge >= 0.3 is 0 Å². The molecule has 5 unspecified atom stereocenters. The Hall–Kier alpha value is -0.570. The lowest BCUT2D eigenvalue weighted by Crippen LogP contribution is -2.40. The highest BCUT2D eigenvalue weighted by molar-refractivity contribution is 5.76. The molecule has 1 saturated heterocycles. The van der Waals surface area contributed by atoms with Crippen molar-refractivity contribution in [3.63, 3.8) is 0 Å². The Labute approximate surface area is 123 Å². The highest BCUT2D eigenvalue weighted by Crippen LogP contribution is 2.49. The molecule has 3 rings (SSSR count). The van der Waals surface area contributed by atoms with Crippen LogP contribution in [0.2, 0.25) is 0 Å². The van der Waals surface area contributed by atoms with Gasteiger partial charge < -0.3 is 5.32 Å². The number of hydrogen-bond donors (Lipinski definition) is 1. The summed E-state index contributed by atoms with van der Waals surface area (Å²) < 4.78 is 0. The minimum absolute atomic E-state index is 0.269. The second kappa shape index (κ2) is 6.46. The molecule has 1 amide bonds. The van der Waals surface area contributed by atoms with Gasteiger partial charge in [0, 0.05) is 25.6 Å². The maximum atomic E-state index is 12.1. The lowest BCUT2D eigenvalue weighted by molar-refractivity contribution is -0.122. The van der Waals surface area contributed by atoms with Crippen molar-refractivity contribution in [2.75, 3.05) is 13.1 Å². The average Bonchev–Trinajstić information content (AvgIpc) is 3.09. The van der Waals surface area contributed by atoms with Crippen LogP contribution in [-0.4, -0.2) is 25.0 Å². The Balaban J connectivity index is 1.37. The number of carbonyl (C=O) groups is 1. The van der Waals surface area contributed by atoms with Crippen molar-refractivity contribution in [3.8, 4) is 0 Å². The molecule has 0 aromatic rings. The predicted octanol–water partition coefficient (Wildman–Crippen LogP) is 2.72. The monoisotopic (exact) mass is 277 g/mol. The SMILES string of the molecule is CC(NC(=O)CCC1CCC[N]C1)C1CC2CCC1C2.